The molecule has 0 saturated carbocycles. The van der Waals surface area contributed by atoms with Crippen LogP contribution in [0.4, 0.5) is 0 Å². The number of carbonyl (C=O) groups is 4. The Labute approximate surface area is 169 Å². The first-order valence-electron chi connectivity index (χ1n) is 9.18. The summed E-state index contributed by atoms with van der Waals surface area (Å²) in [6.45, 7) is 8.27. The lowest BCUT2D eigenvalue weighted by Gasteiger charge is -2.44. The Morgan fingerprint density at radius 1 is 0.862 bits per heavy atom. The molecule has 0 amide bonds. The molecule has 1 heterocycles. The minimum absolute atomic E-state index is 0.236. The largest absolute Gasteiger partial charge is 0.463 e. The van der Waals surface area contributed by atoms with Crippen LogP contribution in [0.1, 0.15) is 40.5 Å². The number of carbonyl (C=O) groups excluding carboxylic acids is 4. The molecule has 5 atom stereocenters. The molecule has 2 unspecified atom stereocenters. The first-order valence-corrected chi connectivity index (χ1v) is 9.18. The Morgan fingerprint density at radius 2 is 1.41 bits per heavy atom. The highest BCUT2D eigenvalue weighted by atomic mass is 16.7. The van der Waals surface area contributed by atoms with Crippen LogP contribution in [0.15, 0.2) is 12.7 Å². The van der Waals surface area contributed by atoms with Crippen molar-refractivity contribution < 1.29 is 47.6 Å². The van der Waals surface area contributed by atoms with Crippen LogP contribution < -0.4 is 0 Å². The van der Waals surface area contributed by atoms with Gasteiger partial charge in [-0.15, -0.1) is 6.58 Å². The first kappa shape index (κ1) is 24.6. The Kier molecular flexibility index (Phi) is 10.3. The van der Waals surface area contributed by atoms with Crippen LogP contribution in [0, 0.1) is 0 Å². The molecule has 0 aromatic heterocycles. The second kappa shape index (κ2) is 12.2. The molecular weight excluding hydrogens is 388 g/mol. The molecule has 0 radical (unpaired) electrons. The number of unbranched alkanes of at least 4 members (excludes halogenated alkanes) is 1. The van der Waals surface area contributed by atoms with Gasteiger partial charge in [0.1, 0.15) is 12.7 Å². The molecule has 0 aliphatic carbocycles. The van der Waals surface area contributed by atoms with Crippen LogP contribution in [0.3, 0.4) is 0 Å². The lowest BCUT2D eigenvalue weighted by molar-refractivity contribution is -0.308. The highest BCUT2D eigenvalue weighted by Gasteiger charge is 2.52. The van der Waals surface area contributed by atoms with Crippen molar-refractivity contribution in [3.8, 4) is 0 Å². The van der Waals surface area contributed by atoms with Crippen molar-refractivity contribution >= 4 is 23.9 Å². The Bertz CT molecular complexity index is 602. The van der Waals surface area contributed by atoms with E-state index in [2.05, 4.69) is 6.58 Å². The van der Waals surface area contributed by atoms with E-state index < -0.39 is 54.6 Å². The van der Waals surface area contributed by atoms with Gasteiger partial charge in [-0.2, -0.15) is 0 Å². The number of hydrogen-bond acceptors (Lipinski definition) is 10. The average Bonchev–Trinajstić information content (AvgIpc) is 2.60. The molecule has 0 bridgehead atoms. The van der Waals surface area contributed by atoms with Gasteiger partial charge in [-0.05, 0) is 12.8 Å². The van der Waals surface area contributed by atoms with E-state index in [0.29, 0.717) is 12.8 Å². The molecular formula is C19H28O10. The molecule has 1 aliphatic rings. The fourth-order valence-corrected chi connectivity index (χ4v) is 2.75. The minimum Gasteiger partial charge on any atom is -0.463 e. The molecule has 1 aliphatic heterocycles. The lowest BCUT2D eigenvalue weighted by atomic mass is 9.98. The molecule has 0 aromatic rings. The number of rotatable bonds is 10. The van der Waals surface area contributed by atoms with Crippen LogP contribution in [0.2, 0.25) is 0 Å². The third-order valence-corrected chi connectivity index (χ3v) is 3.78. The molecule has 0 N–H and O–H groups in total. The third-order valence-electron chi connectivity index (χ3n) is 3.78. The van der Waals surface area contributed by atoms with Gasteiger partial charge in [0.15, 0.2) is 24.6 Å². The summed E-state index contributed by atoms with van der Waals surface area (Å²) in [5.41, 5.74) is 0. The van der Waals surface area contributed by atoms with Crippen molar-refractivity contribution in [3.63, 3.8) is 0 Å². The average molecular weight is 416 g/mol. The first-order chi connectivity index (χ1) is 13.6. The summed E-state index contributed by atoms with van der Waals surface area (Å²) in [6.07, 6.45) is -2.73. The van der Waals surface area contributed by atoms with Gasteiger partial charge in [0, 0.05) is 27.7 Å². The molecule has 164 valence electrons. The van der Waals surface area contributed by atoms with Crippen molar-refractivity contribution in [1.82, 2.24) is 0 Å². The lowest BCUT2D eigenvalue weighted by Crippen LogP contribution is -2.63. The Morgan fingerprint density at radius 3 is 1.93 bits per heavy atom. The van der Waals surface area contributed by atoms with Crippen molar-refractivity contribution in [2.24, 2.45) is 0 Å². The number of esters is 4. The van der Waals surface area contributed by atoms with E-state index in [0.717, 1.165) is 13.8 Å². The third kappa shape index (κ3) is 8.61. The zero-order chi connectivity index (χ0) is 22.0. The number of allylic oxidation sites excluding steroid dienone is 1. The van der Waals surface area contributed by atoms with Crippen LogP contribution >= 0.6 is 0 Å². The van der Waals surface area contributed by atoms with Gasteiger partial charge in [0.2, 0.25) is 0 Å². The molecule has 10 heteroatoms. The van der Waals surface area contributed by atoms with E-state index in [4.69, 9.17) is 28.4 Å². The summed E-state index contributed by atoms with van der Waals surface area (Å²) in [7, 11) is 0. The van der Waals surface area contributed by atoms with Crippen molar-refractivity contribution in [2.75, 3.05) is 13.2 Å². The molecule has 10 nitrogen and oxygen atoms in total. The molecule has 1 fully saturated rings. The van der Waals surface area contributed by atoms with Crippen molar-refractivity contribution in [1.29, 1.82) is 0 Å². The highest BCUT2D eigenvalue weighted by molar-refractivity contribution is 5.68. The van der Waals surface area contributed by atoms with E-state index in [9.17, 15) is 19.2 Å². The predicted molar refractivity (Wildman–Crippen MR) is 97.3 cm³/mol. The second-order valence-corrected chi connectivity index (χ2v) is 6.37. The van der Waals surface area contributed by atoms with Crippen LogP contribution in [0.25, 0.3) is 0 Å². The highest BCUT2D eigenvalue weighted by Crippen LogP contribution is 2.30. The molecule has 1 saturated heterocycles. The molecule has 29 heavy (non-hydrogen) atoms. The SMILES string of the molecule is C=CCCCO[C@@H]1OC(COC(C)=O)[C@@H](OC(C)=O)[C@H](OC(C)=O)C1OC(C)=O. The van der Waals surface area contributed by atoms with Gasteiger partial charge in [-0.1, -0.05) is 6.08 Å². The summed E-state index contributed by atoms with van der Waals surface area (Å²) in [5, 5.41) is 0. The predicted octanol–water partition coefficient (Wildman–Crippen LogP) is 1.05. The molecule has 0 aromatic carbocycles. The standard InChI is InChI=1S/C19H28O10/c1-6-7-8-9-24-19-18(28-14(5)23)17(27-13(4)22)16(26-12(3)21)15(29-19)10-25-11(2)20/h6,15-19H,1,7-10H2,2-5H3/t15?,16-,17+,18?,19-/m1/s1. The van der Waals surface area contributed by atoms with Gasteiger partial charge in [0.05, 0.1) is 6.61 Å². The van der Waals surface area contributed by atoms with E-state index in [1.807, 2.05) is 0 Å². The van der Waals surface area contributed by atoms with E-state index in [1.165, 1.54) is 13.8 Å². The normalized spacial score (nSPS) is 26.1. The van der Waals surface area contributed by atoms with Crippen molar-refractivity contribution in [3.05, 3.63) is 12.7 Å². The van der Waals surface area contributed by atoms with Crippen LogP contribution in [-0.4, -0.2) is 67.8 Å². The fourth-order valence-electron chi connectivity index (χ4n) is 2.75. The van der Waals surface area contributed by atoms with E-state index in [1.54, 1.807) is 6.08 Å². The Hall–Kier alpha value is -2.46. The summed E-state index contributed by atoms with van der Waals surface area (Å²) in [5.74, 6) is -2.63. The second-order valence-electron chi connectivity index (χ2n) is 6.37. The molecule has 1 rings (SSSR count). The maximum absolute atomic E-state index is 11.7. The smallest absolute Gasteiger partial charge is 0.303 e. The van der Waals surface area contributed by atoms with Gasteiger partial charge in [0.25, 0.3) is 0 Å². The summed E-state index contributed by atoms with van der Waals surface area (Å²) >= 11 is 0. The van der Waals surface area contributed by atoms with Gasteiger partial charge in [-0.25, -0.2) is 0 Å². The quantitative estimate of drug-likeness (QED) is 0.221. The maximum atomic E-state index is 11.7. The minimum atomic E-state index is -1.22. The fraction of sp³-hybridized carbons (Fsp3) is 0.684. The van der Waals surface area contributed by atoms with Gasteiger partial charge in [-0.3, -0.25) is 19.2 Å². The van der Waals surface area contributed by atoms with Crippen LogP contribution in [0.5, 0.6) is 0 Å². The monoisotopic (exact) mass is 416 g/mol. The van der Waals surface area contributed by atoms with Crippen LogP contribution in [-0.2, 0) is 47.6 Å². The number of ether oxygens (including phenoxy) is 6. The zero-order valence-electron chi connectivity index (χ0n) is 17.1. The summed E-state index contributed by atoms with van der Waals surface area (Å²) in [4.78, 5) is 46.1. The Balaban J connectivity index is 3.19. The summed E-state index contributed by atoms with van der Waals surface area (Å²) in [6, 6.07) is 0. The van der Waals surface area contributed by atoms with E-state index in [-0.39, 0.29) is 13.2 Å². The zero-order valence-corrected chi connectivity index (χ0v) is 17.1. The van der Waals surface area contributed by atoms with Gasteiger partial charge < -0.3 is 28.4 Å². The van der Waals surface area contributed by atoms with Crippen molar-refractivity contribution in [2.45, 2.75) is 71.2 Å². The number of hydrogen-bond donors (Lipinski definition) is 0. The van der Waals surface area contributed by atoms with E-state index >= 15 is 0 Å². The maximum Gasteiger partial charge on any atom is 0.303 e. The summed E-state index contributed by atoms with van der Waals surface area (Å²) < 4.78 is 32.3. The topological polar surface area (TPSA) is 124 Å². The van der Waals surface area contributed by atoms with Gasteiger partial charge >= 0.3 is 23.9 Å². The molecule has 0 spiro atoms.